The molecule has 0 amide bonds. The smallest absolute Gasteiger partial charge is 0.136 e. The summed E-state index contributed by atoms with van der Waals surface area (Å²) in [5.74, 6) is 0. The Morgan fingerprint density at radius 1 is 0.293 bits per heavy atom. The van der Waals surface area contributed by atoms with Crippen LogP contribution in [0.25, 0.3) is 88.0 Å². The van der Waals surface area contributed by atoms with Gasteiger partial charge in [0.2, 0.25) is 0 Å². The second kappa shape index (κ2) is 14.1. The number of anilines is 3. The summed E-state index contributed by atoms with van der Waals surface area (Å²) in [7, 11) is 0. The standard InChI is InChI=1S/C56H37NO/c1-3-21-44-38(15-1)17-12-27-45(44)40-33-35-42(36-34-40)57(53-30-9-7-25-50(53)51-29-14-32-55-56(51)52-26-8-10-31-54(52)58-55)43-20-11-19-41(37-43)47-23-5-6-24-48(47)49-28-13-18-39-16-2-4-22-46(39)49/h1-37H. The zero-order valence-electron chi connectivity index (χ0n) is 31.7. The molecular formula is C56H37NO. The second-order valence-electron chi connectivity index (χ2n) is 14.8. The highest BCUT2D eigenvalue weighted by atomic mass is 16.3. The molecule has 58 heavy (non-hydrogen) atoms. The summed E-state index contributed by atoms with van der Waals surface area (Å²) < 4.78 is 6.40. The first-order chi connectivity index (χ1) is 28.8. The van der Waals surface area contributed by atoms with E-state index in [-0.39, 0.29) is 0 Å². The predicted molar refractivity (Wildman–Crippen MR) is 245 cm³/mol. The Bertz CT molecular complexity index is 3290. The Balaban J connectivity index is 1.11. The Kier molecular flexibility index (Phi) is 8.19. The van der Waals surface area contributed by atoms with Crippen LogP contribution < -0.4 is 4.90 Å². The van der Waals surface area contributed by atoms with Gasteiger partial charge in [-0.1, -0.05) is 182 Å². The Morgan fingerprint density at radius 3 is 1.62 bits per heavy atom. The lowest BCUT2D eigenvalue weighted by Gasteiger charge is -2.29. The third-order valence-electron chi connectivity index (χ3n) is 11.5. The lowest BCUT2D eigenvalue weighted by Crippen LogP contribution is -2.11. The van der Waals surface area contributed by atoms with Gasteiger partial charge in [-0.05, 0) is 103 Å². The monoisotopic (exact) mass is 739 g/mol. The summed E-state index contributed by atoms with van der Waals surface area (Å²) in [5, 5.41) is 7.20. The summed E-state index contributed by atoms with van der Waals surface area (Å²) in [6, 6.07) is 80.7. The van der Waals surface area contributed by atoms with Gasteiger partial charge in [-0.2, -0.15) is 0 Å². The maximum absolute atomic E-state index is 6.40. The van der Waals surface area contributed by atoms with E-state index in [2.05, 4.69) is 223 Å². The number of rotatable bonds is 7. The number of hydrogen-bond acceptors (Lipinski definition) is 2. The van der Waals surface area contributed by atoms with Crippen molar-refractivity contribution in [1.82, 2.24) is 0 Å². The fourth-order valence-electron chi connectivity index (χ4n) is 8.83. The molecule has 0 aliphatic rings. The summed E-state index contributed by atoms with van der Waals surface area (Å²) >= 11 is 0. The van der Waals surface area contributed by atoms with E-state index in [9.17, 15) is 0 Å². The minimum Gasteiger partial charge on any atom is -0.456 e. The summed E-state index contributed by atoms with van der Waals surface area (Å²) in [4.78, 5) is 2.41. The van der Waals surface area contributed by atoms with Crippen molar-refractivity contribution in [1.29, 1.82) is 0 Å². The van der Waals surface area contributed by atoms with E-state index in [0.29, 0.717) is 0 Å². The molecule has 0 saturated heterocycles. The SMILES string of the molecule is c1cc(-c2ccccc2-c2cccc3ccccc23)cc(N(c2ccc(-c3cccc4ccccc34)cc2)c2ccccc2-c2cccc3oc4ccccc4c23)c1. The van der Waals surface area contributed by atoms with Gasteiger partial charge in [0.1, 0.15) is 11.2 Å². The zero-order chi connectivity index (χ0) is 38.4. The molecule has 0 atom stereocenters. The van der Waals surface area contributed by atoms with Crippen molar-refractivity contribution in [3.05, 3.63) is 224 Å². The molecule has 0 N–H and O–H groups in total. The number of nitrogens with zero attached hydrogens (tertiary/aromatic N) is 1. The van der Waals surface area contributed by atoms with Crippen LogP contribution in [0.4, 0.5) is 17.1 Å². The molecule has 0 spiro atoms. The van der Waals surface area contributed by atoms with Crippen LogP contribution in [0.2, 0.25) is 0 Å². The number of benzene rings is 10. The van der Waals surface area contributed by atoms with Gasteiger partial charge in [0.05, 0.1) is 5.69 Å². The summed E-state index contributed by atoms with van der Waals surface area (Å²) in [6.07, 6.45) is 0. The van der Waals surface area contributed by atoms with Crippen molar-refractivity contribution < 1.29 is 4.42 Å². The van der Waals surface area contributed by atoms with Gasteiger partial charge in [0.25, 0.3) is 0 Å². The third kappa shape index (κ3) is 5.74. The van der Waals surface area contributed by atoms with Crippen LogP contribution >= 0.6 is 0 Å². The molecule has 0 aliphatic heterocycles. The van der Waals surface area contributed by atoms with Crippen LogP contribution in [0, 0.1) is 0 Å². The van der Waals surface area contributed by atoms with Gasteiger partial charge in [0.15, 0.2) is 0 Å². The molecule has 1 aromatic heterocycles. The molecule has 0 bridgehead atoms. The molecular weight excluding hydrogens is 703 g/mol. The van der Waals surface area contributed by atoms with E-state index >= 15 is 0 Å². The number of furan rings is 1. The molecule has 0 fully saturated rings. The van der Waals surface area contributed by atoms with Crippen molar-refractivity contribution in [2.45, 2.75) is 0 Å². The van der Waals surface area contributed by atoms with Crippen LogP contribution in [0.15, 0.2) is 229 Å². The third-order valence-corrected chi connectivity index (χ3v) is 11.5. The van der Waals surface area contributed by atoms with E-state index < -0.39 is 0 Å². The number of para-hydroxylation sites is 2. The fraction of sp³-hybridized carbons (Fsp3) is 0. The average Bonchev–Trinajstić information content (AvgIpc) is 3.69. The van der Waals surface area contributed by atoms with Crippen LogP contribution in [-0.2, 0) is 0 Å². The molecule has 0 aliphatic carbocycles. The molecule has 0 saturated carbocycles. The molecule has 0 unspecified atom stereocenters. The Labute approximate surface area is 337 Å². The van der Waals surface area contributed by atoms with E-state index in [1.807, 2.05) is 6.07 Å². The Morgan fingerprint density at radius 2 is 0.828 bits per heavy atom. The fourth-order valence-corrected chi connectivity index (χ4v) is 8.83. The van der Waals surface area contributed by atoms with Crippen LogP contribution in [0.5, 0.6) is 0 Å². The second-order valence-corrected chi connectivity index (χ2v) is 14.8. The molecule has 2 heteroatoms. The molecule has 11 aromatic rings. The van der Waals surface area contributed by atoms with Crippen molar-refractivity contribution in [2.75, 3.05) is 4.90 Å². The number of fused-ring (bicyclic) bond motifs is 5. The van der Waals surface area contributed by atoms with E-state index in [4.69, 9.17) is 4.42 Å². The van der Waals surface area contributed by atoms with Crippen molar-refractivity contribution in [3.63, 3.8) is 0 Å². The first kappa shape index (κ1) is 33.6. The lowest BCUT2D eigenvalue weighted by atomic mass is 9.91. The molecule has 10 aromatic carbocycles. The highest BCUT2D eigenvalue weighted by Gasteiger charge is 2.21. The van der Waals surface area contributed by atoms with Gasteiger partial charge < -0.3 is 9.32 Å². The van der Waals surface area contributed by atoms with Gasteiger partial charge in [-0.3, -0.25) is 0 Å². The van der Waals surface area contributed by atoms with E-state index in [1.54, 1.807) is 0 Å². The van der Waals surface area contributed by atoms with Crippen molar-refractivity contribution >= 4 is 60.5 Å². The molecule has 272 valence electrons. The van der Waals surface area contributed by atoms with Crippen LogP contribution in [0.3, 0.4) is 0 Å². The minimum absolute atomic E-state index is 0.881. The van der Waals surface area contributed by atoms with Crippen LogP contribution in [0.1, 0.15) is 0 Å². The summed E-state index contributed by atoms with van der Waals surface area (Å²) in [5.41, 5.74) is 14.4. The molecule has 1 heterocycles. The van der Waals surface area contributed by atoms with Crippen LogP contribution in [-0.4, -0.2) is 0 Å². The lowest BCUT2D eigenvalue weighted by molar-refractivity contribution is 0.669. The number of hydrogen-bond donors (Lipinski definition) is 0. The van der Waals surface area contributed by atoms with Gasteiger partial charge in [-0.15, -0.1) is 0 Å². The maximum Gasteiger partial charge on any atom is 0.136 e. The van der Waals surface area contributed by atoms with Crippen molar-refractivity contribution in [3.8, 4) is 44.5 Å². The highest BCUT2D eigenvalue weighted by molar-refractivity contribution is 6.14. The molecule has 0 radical (unpaired) electrons. The van der Waals surface area contributed by atoms with Gasteiger partial charge in [-0.25, -0.2) is 0 Å². The van der Waals surface area contributed by atoms with Gasteiger partial charge in [0, 0.05) is 27.7 Å². The largest absolute Gasteiger partial charge is 0.456 e. The normalized spacial score (nSPS) is 11.4. The zero-order valence-corrected chi connectivity index (χ0v) is 31.7. The molecule has 11 rings (SSSR count). The van der Waals surface area contributed by atoms with E-state index in [0.717, 1.165) is 55.7 Å². The highest BCUT2D eigenvalue weighted by Crippen LogP contribution is 2.46. The van der Waals surface area contributed by atoms with Gasteiger partial charge >= 0.3 is 0 Å². The first-order valence-corrected chi connectivity index (χ1v) is 19.8. The predicted octanol–water partition coefficient (Wildman–Crippen LogP) is 16.0. The van der Waals surface area contributed by atoms with E-state index in [1.165, 1.54) is 49.4 Å². The first-order valence-electron chi connectivity index (χ1n) is 19.8. The average molecular weight is 740 g/mol. The topological polar surface area (TPSA) is 16.4 Å². The maximum atomic E-state index is 6.40. The minimum atomic E-state index is 0.881. The molecule has 2 nitrogen and oxygen atoms in total. The summed E-state index contributed by atoms with van der Waals surface area (Å²) in [6.45, 7) is 0. The Hall–Kier alpha value is -7.68. The quantitative estimate of drug-likeness (QED) is 0.162. The van der Waals surface area contributed by atoms with Crippen molar-refractivity contribution in [2.24, 2.45) is 0 Å².